The summed E-state index contributed by atoms with van der Waals surface area (Å²) in [5.41, 5.74) is 2.66. The molecule has 0 saturated carbocycles. The molecule has 1 aromatic carbocycles. The molecule has 2 aromatic rings. The lowest BCUT2D eigenvalue weighted by molar-refractivity contribution is -0.120. The van der Waals surface area contributed by atoms with E-state index in [1.165, 1.54) is 15.6 Å². The number of benzene rings is 1. The summed E-state index contributed by atoms with van der Waals surface area (Å²) >= 11 is 1.26. The summed E-state index contributed by atoms with van der Waals surface area (Å²) in [5, 5.41) is 10.7. The van der Waals surface area contributed by atoms with Gasteiger partial charge >= 0.3 is 0 Å². The maximum absolute atomic E-state index is 12.8. The number of nitrogens with one attached hydrogen (secondary N) is 1. The van der Waals surface area contributed by atoms with E-state index < -0.39 is 10.0 Å². The maximum atomic E-state index is 12.8. The number of nitrogens with zero attached hydrogens (tertiary/aromatic N) is 3. The monoisotopic (exact) mass is 394 g/mol. The predicted molar refractivity (Wildman–Crippen MR) is 101 cm³/mol. The summed E-state index contributed by atoms with van der Waals surface area (Å²) in [6, 6.07) is 7.05. The van der Waals surface area contributed by atoms with Crippen molar-refractivity contribution in [3.05, 3.63) is 35.3 Å². The zero-order valence-electron chi connectivity index (χ0n) is 14.8. The summed E-state index contributed by atoms with van der Waals surface area (Å²) < 4.78 is 27.1. The number of hydrogen-bond acceptors (Lipinski definition) is 6. The summed E-state index contributed by atoms with van der Waals surface area (Å²) in [7, 11) is -3.52. The van der Waals surface area contributed by atoms with Crippen molar-refractivity contribution in [1.82, 2.24) is 14.5 Å². The van der Waals surface area contributed by atoms with E-state index in [1.807, 2.05) is 12.1 Å². The van der Waals surface area contributed by atoms with E-state index in [-0.39, 0.29) is 11.8 Å². The molecule has 26 heavy (non-hydrogen) atoms. The van der Waals surface area contributed by atoms with Crippen LogP contribution in [0.2, 0.25) is 0 Å². The lowest BCUT2D eigenvalue weighted by Gasteiger charge is -2.30. The molecular weight excluding hydrogens is 372 g/mol. The van der Waals surface area contributed by atoms with Gasteiger partial charge in [0.15, 0.2) is 0 Å². The molecule has 1 saturated heterocycles. The second kappa shape index (κ2) is 7.81. The Morgan fingerprint density at radius 2 is 1.88 bits per heavy atom. The smallest absolute Gasteiger partial charge is 0.243 e. The highest BCUT2D eigenvalue weighted by molar-refractivity contribution is 7.89. The molecule has 2 heterocycles. The van der Waals surface area contributed by atoms with E-state index >= 15 is 0 Å². The number of aromatic nitrogens is 2. The lowest BCUT2D eigenvalue weighted by Crippen LogP contribution is -2.41. The Morgan fingerprint density at radius 3 is 2.42 bits per heavy atom. The number of hydrogen-bond donors (Lipinski definition) is 1. The Morgan fingerprint density at radius 1 is 1.23 bits per heavy atom. The molecule has 0 unspecified atom stereocenters. The normalized spacial score (nSPS) is 16.7. The van der Waals surface area contributed by atoms with Gasteiger partial charge < -0.3 is 5.32 Å². The number of carbonyl (C=O) groups is 1. The summed E-state index contributed by atoms with van der Waals surface area (Å²) in [4.78, 5) is 12.6. The minimum atomic E-state index is -3.52. The molecule has 140 valence electrons. The van der Waals surface area contributed by atoms with Crippen LogP contribution in [-0.4, -0.2) is 41.9 Å². The molecule has 0 radical (unpaired) electrons. The highest BCUT2D eigenvalue weighted by Gasteiger charge is 2.32. The molecule has 1 fully saturated rings. The van der Waals surface area contributed by atoms with Gasteiger partial charge in [-0.3, -0.25) is 4.79 Å². The van der Waals surface area contributed by atoms with Crippen LogP contribution in [0.4, 0.5) is 5.13 Å². The van der Waals surface area contributed by atoms with Crippen LogP contribution in [0.25, 0.3) is 0 Å². The van der Waals surface area contributed by atoms with Crippen molar-refractivity contribution in [1.29, 1.82) is 0 Å². The van der Waals surface area contributed by atoms with Gasteiger partial charge in [0.1, 0.15) is 5.51 Å². The Bertz CT molecular complexity index is 841. The minimum absolute atomic E-state index is 0.125. The number of carbonyl (C=O) groups excluding carboxylic acids is 1. The average Bonchev–Trinajstić information content (AvgIpc) is 3.15. The molecule has 0 atom stereocenters. The second-order valence-corrected chi connectivity index (χ2v) is 9.41. The quantitative estimate of drug-likeness (QED) is 0.842. The fraction of sp³-hybridized carbons (Fsp3) is 0.471. The summed E-state index contributed by atoms with van der Waals surface area (Å²) in [6.45, 7) is 4.81. The van der Waals surface area contributed by atoms with Gasteiger partial charge in [0.05, 0.1) is 4.90 Å². The van der Waals surface area contributed by atoms with E-state index in [2.05, 4.69) is 29.4 Å². The third-order valence-electron chi connectivity index (χ3n) is 4.60. The van der Waals surface area contributed by atoms with Crippen molar-refractivity contribution in [3.8, 4) is 0 Å². The van der Waals surface area contributed by atoms with Crippen molar-refractivity contribution in [3.63, 3.8) is 0 Å². The first kappa shape index (κ1) is 18.9. The molecular formula is C17H22N4O3S2. The van der Waals surface area contributed by atoms with Gasteiger partial charge in [0.2, 0.25) is 21.1 Å². The Labute approximate surface area is 157 Å². The molecule has 0 spiro atoms. The van der Waals surface area contributed by atoms with Gasteiger partial charge in [0.25, 0.3) is 0 Å². The number of amides is 1. The molecule has 7 nitrogen and oxygen atoms in total. The van der Waals surface area contributed by atoms with E-state index in [1.54, 1.807) is 17.6 Å². The van der Waals surface area contributed by atoms with Crippen LogP contribution in [0, 0.1) is 5.92 Å². The Kier molecular flexibility index (Phi) is 5.69. The zero-order chi connectivity index (χ0) is 18.7. The third kappa shape index (κ3) is 4.11. The summed E-state index contributed by atoms with van der Waals surface area (Å²) in [6.07, 6.45) is 0.988. The Hall–Kier alpha value is -1.84. The molecule has 1 N–H and O–H groups in total. The van der Waals surface area contributed by atoms with Crippen LogP contribution >= 0.6 is 11.3 Å². The van der Waals surface area contributed by atoms with Crippen LogP contribution in [0.5, 0.6) is 0 Å². The third-order valence-corrected chi connectivity index (χ3v) is 7.12. The predicted octanol–water partition coefficient (Wildman–Crippen LogP) is 2.70. The highest BCUT2D eigenvalue weighted by Crippen LogP contribution is 2.26. The van der Waals surface area contributed by atoms with Crippen molar-refractivity contribution in [2.45, 2.75) is 37.5 Å². The number of piperidine rings is 1. The van der Waals surface area contributed by atoms with Gasteiger partial charge in [-0.15, -0.1) is 10.2 Å². The first-order valence-electron chi connectivity index (χ1n) is 8.55. The molecule has 1 aliphatic heterocycles. The van der Waals surface area contributed by atoms with Crippen molar-refractivity contribution < 1.29 is 13.2 Å². The van der Waals surface area contributed by atoms with Crippen LogP contribution < -0.4 is 5.32 Å². The molecule has 3 rings (SSSR count). The number of anilines is 1. The number of rotatable bonds is 5. The largest absolute Gasteiger partial charge is 0.300 e. The molecule has 1 aromatic heterocycles. The van der Waals surface area contributed by atoms with Gasteiger partial charge in [0, 0.05) is 19.0 Å². The molecule has 9 heteroatoms. The molecule has 1 aliphatic rings. The first-order chi connectivity index (χ1) is 12.4. The van der Waals surface area contributed by atoms with E-state index in [4.69, 9.17) is 0 Å². The molecule has 0 bridgehead atoms. The minimum Gasteiger partial charge on any atom is -0.300 e. The van der Waals surface area contributed by atoms with Crippen LogP contribution in [0.3, 0.4) is 0 Å². The van der Waals surface area contributed by atoms with Crippen LogP contribution in [0.15, 0.2) is 34.7 Å². The Balaban J connectivity index is 1.62. The summed E-state index contributed by atoms with van der Waals surface area (Å²) in [5.74, 6) is 0.0165. The van der Waals surface area contributed by atoms with E-state index in [9.17, 15) is 13.2 Å². The standard InChI is InChI=1S/C17H22N4O3S2/c1-12(2)13-3-5-15(6-4-13)26(23,24)21-9-7-14(8-10-21)16(22)19-17-20-18-11-25-17/h3-6,11-12,14H,7-10H2,1-2H3,(H,19,20,22). The fourth-order valence-electron chi connectivity index (χ4n) is 2.97. The topological polar surface area (TPSA) is 92.3 Å². The van der Waals surface area contributed by atoms with E-state index in [0.717, 1.165) is 5.56 Å². The maximum Gasteiger partial charge on any atom is 0.243 e. The van der Waals surface area contributed by atoms with Gasteiger partial charge in [-0.25, -0.2) is 8.42 Å². The SMILES string of the molecule is CC(C)c1ccc(S(=O)(=O)N2CCC(C(=O)Nc3nncs3)CC2)cc1. The zero-order valence-corrected chi connectivity index (χ0v) is 16.4. The second-order valence-electron chi connectivity index (χ2n) is 6.64. The lowest BCUT2D eigenvalue weighted by atomic mass is 9.97. The van der Waals surface area contributed by atoms with E-state index in [0.29, 0.717) is 41.9 Å². The van der Waals surface area contributed by atoms with Crippen molar-refractivity contribution >= 4 is 32.4 Å². The molecule has 1 amide bonds. The number of sulfonamides is 1. The van der Waals surface area contributed by atoms with Gasteiger partial charge in [-0.2, -0.15) is 4.31 Å². The van der Waals surface area contributed by atoms with Gasteiger partial charge in [-0.05, 0) is 36.5 Å². The van der Waals surface area contributed by atoms with Crippen molar-refractivity contribution in [2.24, 2.45) is 5.92 Å². The highest BCUT2D eigenvalue weighted by atomic mass is 32.2. The van der Waals surface area contributed by atoms with Crippen LogP contribution in [0.1, 0.15) is 38.2 Å². The van der Waals surface area contributed by atoms with Crippen molar-refractivity contribution in [2.75, 3.05) is 18.4 Å². The van der Waals surface area contributed by atoms with Gasteiger partial charge in [-0.1, -0.05) is 37.3 Å². The first-order valence-corrected chi connectivity index (χ1v) is 10.9. The van der Waals surface area contributed by atoms with Crippen LogP contribution in [-0.2, 0) is 14.8 Å². The average molecular weight is 395 g/mol. The fourth-order valence-corrected chi connectivity index (χ4v) is 4.88. The molecule has 0 aliphatic carbocycles.